The van der Waals surface area contributed by atoms with E-state index in [1.54, 1.807) is 5.01 Å². The molecule has 1 aromatic rings. The molecule has 1 aliphatic heterocycles. The molecule has 0 fully saturated rings. The third-order valence-electron chi connectivity index (χ3n) is 2.02. The molecule has 0 atom stereocenters. The van der Waals surface area contributed by atoms with Crippen LogP contribution in [-0.4, -0.2) is 37.5 Å². The molecule has 0 radical (unpaired) electrons. The first kappa shape index (κ1) is 9.44. The zero-order valence-electron chi connectivity index (χ0n) is 7.90. The SMILES string of the molecule is CN1N=C(c2ccccc2)C[Se]C1=N. The summed E-state index contributed by atoms with van der Waals surface area (Å²) in [7, 11) is 1.84. The minimum atomic E-state index is 0.238. The average molecular weight is 252 g/mol. The summed E-state index contributed by atoms with van der Waals surface area (Å²) >= 11 is 0.238. The molecule has 0 saturated carbocycles. The van der Waals surface area contributed by atoms with Crippen LogP contribution in [0.2, 0.25) is 5.32 Å². The van der Waals surface area contributed by atoms with Crippen molar-refractivity contribution in [3.63, 3.8) is 0 Å². The maximum absolute atomic E-state index is 7.59. The van der Waals surface area contributed by atoms with Gasteiger partial charge in [-0.3, -0.25) is 0 Å². The minimum absolute atomic E-state index is 0.238. The van der Waals surface area contributed by atoms with Gasteiger partial charge >= 0.3 is 89.2 Å². The van der Waals surface area contributed by atoms with Crippen LogP contribution >= 0.6 is 0 Å². The van der Waals surface area contributed by atoms with Crippen LogP contribution in [0.1, 0.15) is 5.56 Å². The fourth-order valence-corrected chi connectivity index (χ4v) is 2.78. The summed E-state index contributed by atoms with van der Waals surface area (Å²) < 4.78 is 0.650. The molecule has 1 aromatic carbocycles. The summed E-state index contributed by atoms with van der Waals surface area (Å²) in [5.41, 5.74) is 2.28. The van der Waals surface area contributed by atoms with Crippen LogP contribution in [0, 0.1) is 5.41 Å². The van der Waals surface area contributed by atoms with Crippen LogP contribution in [-0.2, 0) is 0 Å². The number of hydrazone groups is 1. The standard InChI is InChI=1S/C10H11N3Se/c1-13-10(11)14-7-9(12-13)8-5-3-2-4-6-8/h2-6,11H,7H2,1H3. The van der Waals surface area contributed by atoms with Gasteiger partial charge in [-0.1, -0.05) is 0 Å². The van der Waals surface area contributed by atoms with Gasteiger partial charge in [-0.2, -0.15) is 0 Å². The molecule has 1 heterocycles. The molecular formula is C10H11N3Se. The normalized spacial score (nSPS) is 16.8. The van der Waals surface area contributed by atoms with E-state index in [9.17, 15) is 0 Å². The molecule has 3 nitrogen and oxygen atoms in total. The van der Waals surface area contributed by atoms with Gasteiger partial charge in [0.05, 0.1) is 0 Å². The first-order valence-corrected chi connectivity index (χ1v) is 6.42. The van der Waals surface area contributed by atoms with Crippen LogP contribution < -0.4 is 0 Å². The van der Waals surface area contributed by atoms with E-state index in [0.29, 0.717) is 4.73 Å². The fourth-order valence-electron chi connectivity index (χ4n) is 1.26. The van der Waals surface area contributed by atoms with Gasteiger partial charge in [0.2, 0.25) is 0 Å². The second-order valence-corrected chi connectivity index (χ2v) is 5.05. The molecule has 72 valence electrons. The number of rotatable bonds is 1. The summed E-state index contributed by atoms with van der Waals surface area (Å²) in [5, 5.41) is 14.6. The fraction of sp³-hybridized carbons (Fsp3) is 0.200. The van der Waals surface area contributed by atoms with Gasteiger partial charge < -0.3 is 0 Å². The average Bonchev–Trinajstić information content (AvgIpc) is 2.23. The number of hydrogen-bond acceptors (Lipinski definition) is 2. The number of hydrogen-bond donors (Lipinski definition) is 1. The Balaban J connectivity index is 2.29. The summed E-state index contributed by atoms with van der Waals surface area (Å²) in [4.78, 5) is 0. The van der Waals surface area contributed by atoms with Crippen molar-refractivity contribution in [1.82, 2.24) is 5.01 Å². The maximum atomic E-state index is 7.59. The number of amidine groups is 1. The summed E-state index contributed by atoms with van der Waals surface area (Å²) in [6, 6.07) is 10.2. The van der Waals surface area contributed by atoms with Crippen molar-refractivity contribution in [1.29, 1.82) is 5.41 Å². The van der Waals surface area contributed by atoms with Crippen molar-refractivity contribution in [2.24, 2.45) is 5.10 Å². The first-order chi connectivity index (χ1) is 6.77. The molecular weight excluding hydrogens is 241 g/mol. The van der Waals surface area contributed by atoms with E-state index in [2.05, 4.69) is 17.2 Å². The van der Waals surface area contributed by atoms with E-state index >= 15 is 0 Å². The predicted octanol–water partition coefficient (Wildman–Crippen LogP) is 1.39. The Labute approximate surface area is 89.5 Å². The summed E-state index contributed by atoms with van der Waals surface area (Å²) in [6.45, 7) is 0. The molecule has 0 bridgehead atoms. The number of nitrogens with zero attached hydrogens (tertiary/aromatic N) is 2. The van der Waals surface area contributed by atoms with Crippen molar-refractivity contribution in [3.8, 4) is 0 Å². The van der Waals surface area contributed by atoms with E-state index in [0.717, 1.165) is 11.0 Å². The Hall–Kier alpha value is -1.12. The van der Waals surface area contributed by atoms with Gasteiger partial charge in [0.15, 0.2) is 0 Å². The van der Waals surface area contributed by atoms with Gasteiger partial charge in [0.25, 0.3) is 0 Å². The molecule has 0 spiro atoms. The van der Waals surface area contributed by atoms with Crippen LogP contribution in [0.25, 0.3) is 0 Å². The van der Waals surface area contributed by atoms with Gasteiger partial charge in [0.1, 0.15) is 0 Å². The Morgan fingerprint density at radius 3 is 2.71 bits per heavy atom. The molecule has 0 aliphatic carbocycles. The van der Waals surface area contributed by atoms with Crippen molar-refractivity contribution >= 4 is 25.4 Å². The molecule has 0 amide bonds. The quantitative estimate of drug-likeness (QED) is 0.754. The summed E-state index contributed by atoms with van der Waals surface area (Å²) in [5.74, 6) is 0. The molecule has 14 heavy (non-hydrogen) atoms. The van der Waals surface area contributed by atoms with Crippen LogP contribution in [0.3, 0.4) is 0 Å². The Kier molecular flexibility index (Phi) is 2.66. The molecule has 0 saturated heterocycles. The summed E-state index contributed by atoms with van der Waals surface area (Å²) in [6.07, 6.45) is 0. The van der Waals surface area contributed by atoms with Gasteiger partial charge in [-0.05, 0) is 0 Å². The van der Waals surface area contributed by atoms with Crippen molar-refractivity contribution in [2.75, 3.05) is 7.05 Å². The second kappa shape index (κ2) is 3.94. The van der Waals surface area contributed by atoms with E-state index < -0.39 is 0 Å². The van der Waals surface area contributed by atoms with E-state index in [1.807, 2.05) is 25.2 Å². The molecule has 0 unspecified atom stereocenters. The molecule has 1 aliphatic rings. The van der Waals surface area contributed by atoms with Crippen molar-refractivity contribution in [2.45, 2.75) is 5.32 Å². The third kappa shape index (κ3) is 1.86. The molecule has 4 heteroatoms. The Morgan fingerprint density at radius 2 is 2.07 bits per heavy atom. The third-order valence-corrected chi connectivity index (χ3v) is 4.02. The monoisotopic (exact) mass is 253 g/mol. The first-order valence-electron chi connectivity index (χ1n) is 4.35. The van der Waals surface area contributed by atoms with E-state index in [-0.39, 0.29) is 15.0 Å². The second-order valence-electron chi connectivity index (χ2n) is 3.03. The van der Waals surface area contributed by atoms with E-state index in [1.165, 1.54) is 5.56 Å². The van der Waals surface area contributed by atoms with Gasteiger partial charge in [-0.15, -0.1) is 0 Å². The number of benzene rings is 1. The van der Waals surface area contributed by atoms with Crippen LogP contribution in [0.5, 0.6) is 0 Å². The zero-order valence-corrected chi connectivity index (χ0v) is 9.61. The molecule has 0 aromatic heterocycles. The molecule has 1 N–H and O–H groups in total. The number of nitrogens with one attached hydrogen (secondary N) is 1. The van der Waals surface area contributed by atoms with E-state index in [4.69, 9.17) is 5.41 Å². The van der Waals surface area contributed by atoms with Crippen LogP contribution in [0.4, 0.5) is 0 Å². The van der Waals surface area contributed by atoms with Gasteiger partial charge in [-0.25, -0.2) is 0 Å². The Bertz CT molecular complexity index is 372. The van der Waals surface area contributed by atoms with Crippen molar-refractivity contribution < 1.29 is 0 Å². The molecule has 2 rings (SSSR count). The Morgan fingerprint density at radius 1 is 1.36 bits per heavy atom. The predicted molar refractivity (Wildman–Crippen MR) is 59.0 cm³/mol. The van der Waals surface area contributed by atoms with Gasteiger partial charge in [0, 0.05) is 0 Å². The topological polar surface area (TPSA) is 39.5 Å². The zero-order chi connectivity index (χ0) is 9.97. The van der Waals surface area contributed by atoms with Crippen molar-refractivity contribution in [3.05, 3.63) is 35.9 Å². The van der Waals surface area contributed by atoms with Crippen LogP contribution in [0.15, 0.2) is 35.4 Å².